The molecule has 22 heavy (non-hydrogen) atoms. The summed E-state index contributed by atoms with van der Waals surface area (Å²) in [5.41, 5.74) is 5.52. The third kappa shape index (κ3) is 2.47. The zero-order valence-electron chi connectivity index (χ0n) is 14.1. The minimum absolute atomic E-state index is 0.0410. The molecule has 0 spiro atoms. The minimum Gasteiger partial charge on any atom is -0.379 e. The predicted octanol–water partition coefficient (Wildman–Crippen LogP) is 1.40. The van der Waals surface area contributed by atoms with Gasteiger partial charge in [-0.2, -0.15) is 0 Å². The van der Waals surface area contributed by atoms with E-state index in [4.69, 9.17) is 15.2 Å². The molecule has 5 heteroatoms. The van der Waals surface area contributed by atoms with Gasteiger partial charge in [-0.1, -0.05) is 13.8 Å². The maximum absolute atomic E-state index is 12.9. The van der Waals surface area contributed by atoms with Crippen LogP contribution in [0.5, 0.6) is 0 Å². The molecular formula is C17H30N2O3. The lowest BCUT2D eigenvalue weighted by molar-refractivity contribution is -0.229. The van der Waals surface area contributed by atoms with Crippen molar-refractivity contribution in [2.45, 2.75) is 51.2 Å². The molecule has 1 saturated heterocycles. The molecule has 3 rings (SSSR count). The Morgan fingerprint density at radius 3 is 2.77 bits per heavy atom. The number of ether oxygens (including phenoxy) is 2. The van der Waals surface area contributed by atoms with Gasteiger partial charge in [-0.05, 0) is 31.6 Å². The number of nitrogens with two attached hydrogens (primary N) is 1. The summed E-state index contributed by atoms with van der Waals surface area (Å²) in [6, 6.07) is 0. The normalized spacial score (nSPS) is 36.4. The van der Waals surface area contributed by atoms with Crippen LogP contribution in [-0.2, 0) is 14.3 Å². The van der Waals surface area contributed by atoms with Crippen LogP contribution in [0.3, 0.4) is 0 Å². The number of hydrogen-bond donors (Lipinski definition) is 1. The zero-order valence-corrected chi connectivity index (χ0v) is 14.1. The summed E-state index contributed by atoms with van der Waals surface area (Å²) in [4.78, 5) is 14.7. The van der Waals surface area contributed by atoms with Crippen molar-refractivity contribution in [3.63, 3.8) is 0 Å². The van der Waals surface area contributed by atoms with Crippen LogP contribution >= 0.6 is 0 Å². The van der Waals surface area contributed by atoms with Gasteiger partial charge in [0.15, 0.2) is 0 Å². The van der Waals surface area contributed by atoms with E-state index in [0.717, 1.165) is 32.0 Å². The smallest absolute Gasteiger partial charge is 0.243 e. The van der Waals surface area contributed by atoms with Crippen LogP contribution in [0.15, 0.2) is 0 Å². The van der Waals surface area contributed by atoms with Crippen molar-refractivity contribution in [1.82, 2.24) is 4.90 Å². The fraction of sp³-hybridized carbons (Fsp3) is 0.941. The third-order valence-corrected chi connectivity index (χ3v) is 6.01. The van der Waals surface area contributed by atoms with Gasteiger partial charge in [0.25, 0.3) is 0 Å². The number of hydrogen-bond acceptors (Lipinski definition) is 4. The Balaban J connectivity index is 1.57. The zero-order chi connectivity index (χ0) is 16.0. The van der Waals surface area contributed by atoms with Crippen molar-refractivity contribution in [3.8, 4) is 0 Å². The molecular weight excluding hydrogens is 280 g/mol. The quantitative estimate of drug-likeness (QED) is 0.753. The van der Waals surface area contributed by atoms with E-state index in [0.29, 0.717) is 13.2 Å². The first-order valence-electron chi connectivity index (χ1n) is 8.63. The second-order valence-corrected chi connectivity index (χ2v) is 7.88. The molecule has 2 N–H and O–H groups in total. The Labute approximate surface area is 133 Å². The molecule has 2 aliphatic carbocycles. The van der Waals surface area contributed by atoms with E-state index >= 15 is 0 Å². The van der Waals surface area contributed by atoms with Crippen molar-refractivity contribution < 1.29 is 14.3 Å². The number of fused-ring (bicyclic) bond motifs is 1. The Morgan fingerprint density at radius 2 is 2.09 bits per heavy atom. The molecule has 0 aromatic heterocycles. The van der Waals surface area contributed by atoms with Crippen molar-refractivity contribution in [2.24, 2.45) is 23.0 Å². The fourth-order valence-electron chi connectivity index (χ4n) is 4.16. The fourth-order valence-corrected chi connectivity index (χ4v) is 4.16. The number of carbonyl (C=O) groups excluding carboxylic acids is 1. The van der Waals surface area contributed by atoms with Crippen molar-refractivity contribution in [3.05, 3.63) is 0 Å². The first kappa shape index (κ1) is 16.2. The number of rotatable bonds is 6. The monoisotopic (exact) mass is 310 g/mol. The van der Waals surface area contributed by atoms with Gasteiger partial charge < -0.3 is 20.1 Å². The molecule has 3 atom stereocenters. The average molecular weight is 310 g/mol. The summed E-state index contributed by atoms with van der Waals surface area (Å²) in [6.45, 7) is 6.96. The first-order valence-corrected chi connectivity index (χ1v) is 8.63. The highest BCUT2D eigenvalue weighted by Crippen LogP contribution is 2.57. The molecule has 126 valence electrons. The largest absolute Gasteiger partial charge is 0.379 e. The maximum atomic E-state index is 12.9. The van der Waals surface area contributed by atoms with Crippen LogP contribution in [-0.4, -0.2) is 55.9 Å². The average Bonchev–Trinajstić information content (AvgIpc) is 3.34. The third-order valence-electron chi connectivity index (χ3n) is 6.01. The van der Waals surface area contributed by atoms with Crippen molar-refractivity contribution >= 4 is 5.91 Å². The van der Waals surface area contributed by atoms with E-state index in [9.17, 15) is 4.79 Å². The Kier molecular flexibility index (Phi) is 4.25. The molecule has 0 radical (unpaired) electrons. The van der Waals surface area contributed by atoms with Gasteiger partial charge in [-0.3, -0.25) is 4.79 Å². The van der Waals surface area contributed by atoms with Crippen LogP contribution in [0.25, 0.3) is 0 Å². The van der Waals surface area contributed by atoms with E-state index in [1.165, 1.54) is 12.8 Å². The standard InChI is InChI=1S/C17H30N2O3/c1-16(2)14-13(5-4-9-22-14)17(16,18)15(20)19(3)8-10-21-11-12-6-7-12/h12-14H,4-11,18H2,1-3H3. The van der Waals surface area contributed by atoms with E-state index in [1.54, 1.807) is 4.90 Å². The summed E-state index contributed by atoms with van der Waals surface area (Å²) < 4.78 is 11.5. The van der Waals surface area contributed by atoms with E-state index in [1.807, 2.05) is 7.05 Å². The number of carbonyl (C=O) groups is 1. The topological polar surface area (TPSA) is 64.8 Å². The summed E-state index contributed by atoms with van der Waals surface area (Å²) in [5, 5.41) is 0. The molecule has 3 unspecified atom stereocenters. The van der Waals surface area contributed by atoms with Crippen LogP contribution in [0.1, 0.15) is 39.5 Å². The Morgan fingerprint density at radius 1 is 1.36 bits per heavy atom. The highest BCUT2D eigenvalue weighted by atomic mass is 16.5. The first-order chi connectivity index (χ1) is 10.4. The lowest BCUT2D eigenvalue weighted by Gasteiger charge is -2.65. The van der Waals surface area contributed by atoms with Crippen LogP contribution in [0.4, 0.5) is 0 Å². The van der Waals surface area contributed by atoms with E-state index in [2.05, 4.69) is 13.8 Å². The Hall–Kier alpha value is -0.650. The summed E-state index contributed by atoms with van der Waals surface area (Å²) in [6.07, 6.45) is 4.69. The molecule has 3 aliphatic rings. The van der Waals surface area contributed by atoms with Crippen molar-refractivity contribution in [1.29, 1.82) is 0 Å². The van der Waals surface area contributed by atoms with Gasteiger partial charge in [-0.15, -0.1) is 0 Å². The van der Waals surface area contributed by atoms with Crippen LogP contribution in [0.2, 0.25) is 0 Å². The number of likely N-dealkylation sites (N-methyl/N-ethyl adjacent to an activating group) is 1. The molecule has 0 aromatic carbocycles. The molecule has 1 aliphatic heterocycles. The van der Waals surface area contributed by atoms with E-state index in [-0.39, 0.29) is 23.3 Å². The minimum atomic E-state index is -0.802. The van der Waals surface area contributed by atoms with Crippen molar-refractivity contribution in [2.75, 3.05) is 33.4 Å². The van der Waals surface area contributed by atoms with Gasteiger partial charge in [0.05, 0.1) is 12.7 Å². The Bertz CT molecular complexity index is 436. The van der Waals surface area contributed by atoms with Gasteiger partial charge in [0.1, 0.15) is 5.54 Å². The lowest BCUT2D eigenvalue weighted by Crippen LogP contribution is -2.82. The maximum Gasteiger partial charge on any atom is 0.243 e. The van der Waals surface area contributed by atoms with Gasteiger partial charge in [0, 0.05) is 38.1 Å². The predicted molar refractivity (Wildman–Crippen MR) is 84.3 cm³/mol. The van der Waals surface area contributed by atoms with Gasteiger partial charge >= 0.3 is 0 Å². The summed E-state index contributed by atoms with van der Waals surface area (Å²) in [7, 11) is 1.84. The SMILES string of the molecule is CN(CCOCC1CC1)C(=O)C1(N)C2CCCOC2C1(C)C. The molecule has 0 bridgehead atoms. The molecule has 2 saturated carbocycles. The molecule has 3 fully saturated rings. The molecule has 0 aromatic rings. The van der Waals surface area contributed by atoms with Gasteiger partial charge in [0.2, 0.25) is 5.91 Å². The molecule has 5 nitrogen and oxygen atoms in total. The number of amides is 1. The highest BCUT2D eigenvalue weighted by Gasteiger charge is 2.70. The van der Waals surface area contributed by atoms with E-state index < -0.39 is 5.54 Å². The number of nitrogens with zero attached hydrogens (tertiary/aromatic N) is 1. The second kappa shape index (κ2) is 5.77. The molecule has 1 heterocycles. The lowest BCUT2D eigenvalue weighted by atomic mass is 9.46. The summed E-state index contributed by atoms with van der Waals surface area (Å²) >= 11 is 0. The van der Waals surface area contributed by atoms with Crippen LogP contribution in [0, 0.1) is 17.3 Å². The second-order valence-electron chi connectivity index (χ2n) is 7.88. The molecule has 1 amide bonds. The highest BCUT2D eigenvalue weighted by molar-refractivity contribution is 5.89. The van der Waals surface area contributed by atoms with Crippen LogP contribution < -0.4 is 5.73 Å². The van der Waals surface area contributed by atoms with Gasteiger partial charge in [-0.25, -0.2) is 0 Å². The summed E-state index contributed by atoms with van der Waals surface area (Å²) in [5.74, 6) is 0.949.